The molecule has 1 aliphatic rings. The highest BCUT2D eigenvalue weighted by Gasteiger charge is 2.35. The third kappa shape index (κ3) is 3.70. The van der Waals surface area contributed by atoms with Crippen LogP contribution in [0.15, 0.2) is 30.3 Å². The van der Waals surface area contributed by atoms with Gasteiger partial charge in [-0.05, 0) is 32.4 Å². The Balaban J connectivity index is 1.70. The standard InChI is InChI=1S/C15H21NO3/c1-15(2)11-18-12-16(15)14(17)9-6-10-19-13-7-4-3-5-8-13/h3-5,7-8H,6,9-12H2,1-2H3. The van der Waals surface area contributed by atoms with Crippen LogP contribution in [-0.2, 0) is 9.53 Å². The molecule has 19 heavy (non-hydrogen) atoms. The van der Waals surface area contributed by atoms with Crippen LogP contribution in [0.5, 0.6) is 5.75 Å². The molecule has 0 spiro atoms. The van der Waals surface area contributed by atoms with Crippen LogP contribution in [0.4, 0.5) is 0 Å². The zero-order valence-electron chi connectivity index (χ0n) is 11.6. The number of amides is 1. The summed E-state index contributed by atoms with van der Waals surface area (Å²) in [5.74, 6) is 0.985. The van der Waals surface area contributed by atoms with Gasteiger partial charge in [0.05, 0.1) is 18.8 Å². The molecule has 2 rings (SSSR count). The van der Waals surface area contributed by atoms with E-state index in [1.807, 2.05) is 44.2 Å². The molecule has 1 fully saturated rings. The van der Waals surface area contributed by atoms with Crippen molar-refractivity contribution < 1.29 is 14.3 Å². The lowest BCUT2D eigenvalue weighted by Gasteiger charge is -2.29. The van der Waals surface area contributed by atoms with Gasteiger partial charge in [0.15, 0.2) is 0 Å². The summed E-state index contributed by atoms with van der Waals surface area (Å²) in [7, 11) is 0. The van der Waals surface area contributed by atoms with Gasteiger partial charge in [-0.3, -0.25) is 4.79 Å². The summed E-state index contributed by atoms with van der Waals surface area (Å²) >= 11 is 0. The van der Waals surface area contributed by atoms with Crippen molar-refractivity contribution >= 4 is 5.91 Å². The number of benzene rings is 1. The van der Waals surface area contributed by atoms with Crippen molar-refractivity contribution in [2.24, 2.45) is 0 Å². The second-order valence-electron chi connectivity index (χ2n) is 5.38. The molecule has 0 aliphatic carbocycles. The van der Waals surface area contributed by atoms with Crippen LogP contribution in [0.3, 0.4) is 0 Å². The molecule has 0 unspecified atom stereocenters. The van der Waals surface area contributed by atoms with Crippen molar-refractivity contribution in [1.29, 1.82) is 0 Å². The average Bonchev–Trinajstić information content (AvgIpc) is 2.75. The number of rotatable bonds is 5. The van der Waals surface area contributed by atoms with E-state index in [0.29, 0.717) is 26.4 Å². The highest BCUT2D eigenvalue weighted by Crippen LogP contribution is 2.22. The topological polar surface area (TPSA) is 38.8 Å². The fourth-order valence-electron chi connectivity index (χ4n) is 2.11. The van der Waals surface area contributed by atoms with E-state index in [4.69, 9.17) is 9.47 Å². The van der Waals surface area contributed by atoms with Gasteiger partial charge in [-0.15, -0.1) is 0 Å². The van der Waals surface area contributed by atoms with Gasteiger partial charge in [0.2, 0.25) is 5.91 Å². The number of hydrogen-bond donors (Lipinski definition) is 0. The predicted octanol–water partition coefficient (Wildman–Crippen LogP) is 2.44. The first kappa shape index (κ1) is 13.9. The van der Waals surface area contributed by atoms with Gasteiger partial charge in [-0.25, -0.2) is 0 Å². The third-order valence-electron chi connectivity index (χ3n) is 3.25. The third-order valence-corrected chi connectivity index (χ3v) is 3.25. The van der Waals surface area contributed by atoms with E-state index in [1.165, 1.54) is 0 Å². The normalized spacial score (nSPS) is 17.5. The molecule has 1 saturated heterocycles. The quantitative estimate of drug-likeness (QED) is 0.766. The van der Waals surface area contributed by atoms with Crippen molar-refractivity contribution in [3.8, 4) is 5.75 Å². The van der Waals surface area contributed by atoms with Crippen molar-refractivity contribution in [1.82, 2.24) is 4.90 Å². The van der Waals surface area contributed by atoms with Crippen LogP contribution in [0.2, 0.25) is 0 Å². The lowest BCUT2D eigenvalue weighted by molar-refractivity contribution is -0.135. The number of ether oxygens (including phenoxy) is 2. The molecule has 104 valence electrons. The maximum atomic E-state index is 12.1. The van der Waals surface area contributed by atoms with Crippen LogP contribution < -0.4 is 4.74 Å². The van der Waals surface area contributed by atoms with E-state index >= 15 is 0 Å². The lowest BCUT2D eigenvalue weighted by Crippen LogP contribution is -2.44. The SMILES string of the molecule is CC1(C)COCN1C(=O)CCCOc1ccccc1. The van der Waals surface area contributed by atoms with Gasteiger partial charge in [0.1, 0.15) is 12.5 Å². The minimum atomic E-state index is -0.183. The minimum absolute atomic E-state index is 0.138. The Kier molecular flexibility index (Phi) is 4.43. The fraction of sp³-hybridized carbons (Fsp3) is 0.533. The Morgan fingerprint density at radius 1 is 1.37 bits per heavy atom. The number of hydrogen-bond acceptors (Lipinski definition) is 3. The van der Waals surface area contributed by atoms with E-state index in [-0.39, 0.29) is 11.4 Å². The van der Waals surface area contributed by atoms with Crippen LogP contribution >= 0.6 is 0 Å². The predicted molar refractivity (Wildman–Crippen MR) is 72.9 cm³/mol. The van der Waals surface area contributed by atoms with Gasteiger partial charge < -0.3 is 14.4 Å². The smallest absolute Gasteiger partial charge is 0.225 e. The Morgan fingerprint density at radius 2 is 2.11 bits per heavy atom. The molecule has 0 saturated carbocycles. The Morgan fingerprint density at radius 3 is 2.74 bits per heavy atom. The average molecular weight is 263 g/mol. The molecule has 0 radical (unpaired) electrons. The molecular weight excluding hydrogens is 242 g/mol. The van der Waals surface area contributed by atoms with Crippen molar-refractivity contribution in [2.45, 2.75) is 32.2 Å². The van der Waals surface area contributed by atoms with Gasteiger partial charge in [-0.1, -0.05) is 18.2 Å². The number of carbonyl (C=O) groups excluding carboxylic acids is 1. The highest BCUT2D eigenvalue weighted by molar-refractivity contribution is 5.77. The highest BCUT2D eigenvalue weighted by atomic mass is 16.5. The van der Waals surface area contributed by atoms with Crippen LogP contribution in [0.1, 0.15) is 26.7 Å². The summed E-state index contributed by atoms with van der Waals surface area (Å²) in [5.41, 5.74) is -0.183. The van der Waals surface area contributed by atoms with Gasteiger partial charge in [0.25, 0.3) is 0 Å². The Bertz CT molecular complexity index is 417. The molecule has 1 aromatic carbocycles. The van der Waals surface area contributed by atoms with E-state index in [2.05, 4.69) is 0 Å². The van der Waals surface area contributed by atoms with Gasteiger partial charge >= 0.3 is 0 Å². The lowest BCUT2D eigenvalue weighted by atomic mass is 10.1. The number of nitrogens with zero attached hydrogens (tertiary/aromatic N) is 1. The summed E-state index contributed by atoms with van der Waals surface area (Å²) in [6, 6.07) is 9.65. The minimum Gasteiger partial charge on any atom is -0.494 e. The van der Waals surface area contributed by atoms with Crippen LogP contribution in [0.25, 0.3) is 0 Å². The van der Waals surface area contributed by atoms with Crippen LogP contribution in [0, 0.1) is 0 Å². The first-order valence-corrected chi connectivity index (χ1v) is 6.66. The molecule has 1 heterocycles. The van der Waals surface area contributed by atoms with E-state index in [0.717, 1.165) is 12.2 Å². The number of carbonyl (C=O) groups is 1. The number of para-hydroxylation sites is 1. The zero-order chi connectivity index (χ0) is 13.7. The Hall–Kier alpha value is -1.55. The molecule has 0 bridgehead atoms. The molecule has 1 aliphatic heterocycles. The van der Waals surface area contributed by atoms with Crippen molar-refractivity contribution in [3.63, 3.8) is 0 Å². The molecule has 0 aromatic heterocycles. The summed E-state index contributed by atoms with van der Waals surface area (Å²) in [6.07, 6.45) is 1.22. The summed E-state index contributed by atoms with van der Waals surface area (Å²) < 4.78 is 10.9. The van der Waals surface area contributed by atoms with Gasteiger partial charge in [0, 0.05) is 6.42 Å². The molecule has 0 N–H and O–H groups in total. The largest absolute Gasteiger partial charge is 0.494 e. The summed E-state index contributed by atoms with van der Waals surface area (Å²) in [5, 5.41) is 0. The fourth-order valence-corrected chi connectivity index (χ4v) is 2.11. The molecule has 0 atom stereocenters. The van der Waals surface area contributed by atoms with Crippen molar-refractivity contribution in [3.05, 3.63) is 30.3 Å². The second-order valence-corrected chi connectivity index (χ2v) is 5.38. The van der Waals surface area contributed by atoms with Crippen LogP contribution in [-0.4, -0.2) is 36.3 Å². The second kappa shape index (κ2) is 6.06. The molecule has 1 aromatic rings. The molecule has 4 nitrogen and oxygen atoms in total. The van der Waals surface area contributed by atoms with Crippen molar-refractivity contribution in [2.75, 3.05) is 19.9 Å². The maximum Gasteiger partial charge on any atom is 0.225 e. The van der Waals surface area contributed by atoms with Gasteiger partial charge in [-0.2, -0.15) is 0 Å². The van der Waals surface area contributed by atoms with E-state index in [9.17, 15) is 4.79 Å². The molecular formula is C15H21NO3. The zero-order valence-corrected chi connectivity index (χ0v) is 11.6. The summed E-state index contributed by atoms with van der Waals surface area (Å²) in [6.45, 7) is 5.63. The summed E-state index contributed by atoms with van der Waals surface area (Å²) in [4.78, 5) is 13.9. The monoisotopic (exact) mass is 263 g/mol. The Labute approximate surface area is 114 Å². The molecule has 1 amide bonds. The van der Waals surface area contributed by atoms with E-state index < -0.39 is 0 Å². The molecule has 4 heteroatoms. The maximum absolute atomic E-state index is 12.1. The van der Waals surface area contributed by atoms with E-state index in [1.54, 1.807) is 4.90 Å². The first-order valence-electron chi connectivity index (χ1n) is 6.66. The first-order chi connectivity index (χ1) is 9.09.